The molecule has 1 aromatic heterocycles. The lowest BCUT2D eigenvalue weighted by molar-refractivity contribution is -0.136. The van der Waals surface area contributed by atoms with E-state index in [1.165, 1.54) is 10.7 Å². The van der Waals surface area contributed by atoms with Crippen molar-refractivity contribution in [3.63, 3.8) is 0 Å². The number of carboxylic acids is 1. The van der Waals surface area contributed by atoms with Crippen molar-refractivity contribution in [1.82, 2.24) is 9.78 Å². The monoisotopic (exact) mass is 208 g/mol. The fraction of sp³-hybridized carbons (Fsp3) is 0.200. The molecule has 15 heavy (non-hydrogen) atoms. The number of hydrogen-bond acceptors (Lipinski definition) is 2. The Bertz CT molecular complexity index is 533. The number of fused-ring (bicyclic) bond motifs is 1. The van der Waals surface area contributed by atoms with Gasteiger partial charge in [0, 0.05) is 12.4 Å². The van der Waals surface area contributed by atoms with Gasteiger partial charge < -0.3 is 5.11 Å². The maximum Gasteiger partial charge on any atom is 0.309 e. The first kappa shape index (κ1) is 9.64. The highest BCUT2D eigenvalue weighted by Gasteiger charge is 2.14. The molecule has 0 unspecified atom stereocenters. The van der Waals surface area contributed by atoms with E-state index in [0.717, 1.165) is 0 Å². The van der Waals surface area contributed by atoms with E-state index in [2.05, 4.69) is 5.10 Å². The van der Waals surface area contributed by atoms with Crippen molar-refractivity contribution >= 4 is 16.9 Å². The molecule has 5 heteroatoms. The summed E-state index contributed by atoms with van der Waals surface area (Å²) in [4.78, 5) is 10.6. The van der Waals surface area contributed by atoms with Crippen LogP contribution in [-0.2, 0) is 18.3 Å². The summed E-state index contributed by atoms with van der Waals surface area (Å²) in [6.45, 7) is 0. The first-order valence-electron chi connectivity index (χ1n) is 4.41. The van der Waals surface area contributed by atoms with Gasteiger partial charge in [-0.05, 0) is 6.07 Å². The van der Waals surface area contributed by atoms with Gasteiger partial charge in [0.25, 0.3) is 0 Å². The summed E-state index contributed by atoms with van der Waals surface area (Å²) in [7, 11) is 1.61. The zero-order valence-electron chi connectivity index (χ0n) is 8.07. The number of hydrogen-bond donors (Lipinski definition) is 1. The summed E-state index contributed by atoms with van der Waals surface area (Å²) in [5, 5.41) is 13.2. The molecule has 1 aromatic carbocycles. The van der Waals surface area contributed by atoms with Crippen LogP contribution >= 0.6 is 0 Å². The smallest absolute Gasteiger partial charge is 0.309 e. The van der Waals surface area contributed by atoms with Crippen molar-refractivity contribution in [2.24, 2.45) is 7.05 Å². The second-order valence-corrected chi connectivity index (χ2v) is 3.28. The average Bonchev–Trinajstić information content (AvgIpc) is 2.45. The lowest BCUT2D eigenvalue weighted by Crippen LogP contribution is -2.06. The molecule has 0 aliphatic heterocycles. The quantitative estimate of drug-likeness (QED) is 0.810. The largest absolute Gasteiger partial charge is 0.481 e. The summed E-state index contributed by atoms with van der Waals surface area (Å²) >= 11 is 0. The van der Waals surface area contributed by atoms with E-state index in [4.69, 9.17) is 5.11 Å². The number of aromatic nitrogens is 2. The molecule has 78 valence electrons. The van der Waals surface area contributed by atoms with Crippen LogP contribution in [0, 0.1) is 5.82 Å². The number of carboxylic acid groups (broad SMARTS) is 1. The molecule has 2 rings (SSSR count). The maximum atomic E-state index is 13.3. The predicted octanol–water partition coefficient (Wildman–Crippen LogP) is 1.34. The van der Waals surface area contributed by atoms with Crippen molar-refractivity contribution < 1.29 is 14.3 Å². The van der Waals surface area contributed by atoms with Gasteiger partial charge in [-0.3, -0.25) is 9.48 Å². The van der Waals surface area contributed by atoms with Gasteiger partial charge in [0.15, 0.2) is 5.82 Å². The van der Waals surface area contributed by atoms with Gasteiger partial charge in [-0.2, -0.15) is 5.10 Å². The number of aliphatic carboxylic acids is 1. The minimum Gasteiger partial charge on any atom is -0.481 e. The summed E-state index contributed by atoms with van der Waals surface area (Å²) in [6, 6.07) is 4.52. The second-order valence-electron chi connectivity index (χ2n) is 3.28. The summed E-state index contributed by atoms with van der Waals surface area (Å²) < 4.78 is 14.7. The third-order valence-electron chi connectivity index (χ3n) is 2.26. The summed E-state index contributed by atoms with van der Waals surface area (Å²) in [6.07, 6.45) is -0.156. The van der Waals surface area contributed by atoms with Gasteiger partial charge >= 0.3 is 5.97 Å². The molecule has 0 aliphatic carbocycles. The Balaban J connectivity index is 2.68. The second kappa shape index (κ2) is 3.34. The number of carbonyl (C=O) groups is 1. The van der Waals surface area contributed by atoms with E-state index in [1.807, 2.05) is 0 Å². The van der Waals surface area contributed by atoms with Gasteiger partial charge in [-0.15, -0.1) is 0 Å². The van der Waals surface area contributed by atoms with Crippen molar-refractivity contribution in [1.29, 1.82) is 0 Å². The van der Waals surface area contributed by atoms with Crippen molar-refractivity contribution in [3.05, 3.63) is 29.7 Å². The summed E-state index contributed by atoms with van der Waals surface area (Å²) in [5.41, 5.74) is 0.730. The van der Waals surface area contributed by atoms with E-state index >= 15 is 0 Å². The molecule has 0 saturated heterocycles. The summed E-state index contributed by atoms with van der Waals surface area (Å²) in [5.74, 6) is -1.39. The van der Waals surface area contributed by atoms with E-state index < -0.39 is 11.8 Å². The normalized spacial score (nSPS) is 10.8. The van der Waals surface area contributed by atoms with Gasteiger partial charge in [0.1, 0.15) is 5.52 Å². The third kappa shape index (κ3) is 1.56. The molecule has 0 aliphatic rings. The SMILES string of the molecule is Cn1nc2c(F)cccc2c1CC(=O)O. The maximum absolute atomic E-state index is 13.3. The van der Waals surface area contributed by atoms with Crippen LogP contribution in [0.15, 0.2) is 18.2 Å². The first-order chi connectivity index (χ1) is 7.09. The predicted molar refractivity (Wildman–Crippen MR) is 52.0 cm³/mol. The van der Waals surface area contributed by atoms with E-state index in [9.17, 15) is 9.18 Å². The van der Waals surface area contributed by atoms with Gasteiger partial charge in [0.05, 0.1) is 12.1 Å². The Labute approximate surface area is 84.9 Å². The molecule has 0 amide bonds. The minimum atomic E-state index is -0.954. The molecular weight excluding hydrogens is 199 g/mol. The van der Waals surface area contributed by atoms with Crippen LogP contribution in [0.4, 0.5) is 4.39 Å². The Morgan fingerprint density at radius 2 is 2.33 bits per heavy atom. The number of benzene rings is 1. The van der Waals surface area contributed by atoms with Crippen LogP contribution in [0.25, 0.3) is 10.9 Å². The van der Waals surface area contributed by atoms with Crippen LogP contribution < -0.4 is 0 Å². The molecule has 2 aromatic rings. The molecular formula is C10H9FN2O2. The van der Waals surface area contributed by atoms with E-state index in [0.29, 0.717) is 11.1 Å². The lowest BCUT2D eigenvalue weighted by atomic mass is 10.1. The fourth-order valence-electron chi connectivity index (χ4n) is 1.59. The molecule has 0 fully saturated rings. The molecule has 1 N–H and O–H groups in total. The van der Waals surface area contributed by atoms with Gasteiger partial charge in [-0.25, -0.2) is 4.39 Å². The van der Waals surface area contributed by atoms with Gasteiger partial charge in [-0.1, -0.05) is 12.1 Å². The fourth-order valence-corrected chi connectivity index (χ4v) is 1.59. The zero-order chi connectivity index (χ0) is 11.0. The van der Waals surface area contributed by atoms with Crippen LogP contribution in [0.1, 0.15) is 5.69 Å². The Hall–Kier alpha value is -1.91. The highest BCUT2D eigenvalue weighted by molar-refractivity contribution is 5.85. The van der Waals surface area contributed by atoms with Crippen LogP contribution in [0.5, 0.6) is 0 Å². The molecule has 1 heterocycles. The molecule has 0 bridgehead atoms. The van der Waals surface area contributed by atoms with Crippen LogP contribution in [-0.4, -0.2) is 20.9 Å². The lowest BCUT2D eigenvalue weighted by Gasteiger charge is -1.97. The zero-order valence-corrected chi connectivity index (χ0v) is 8.07. The average molecular weight is 208 g/mol. The topological polar surface area (TPSA) is 55.1 Å². The Kier molecular flexibility index (Phi) is 2.15. The molecule has 0 atom stereocenters. The highest BCUT2D eigenvalue weighted by atomic mass is 19.1. The molecule has 4 nitrogen and oxygen atoms in total. The standard InChI is InChI=1S/C10H9FN2O2/c1-13-8(5-9(14)15)6-3-2-4-7(11)10(6)12-13/h2-4H,5H2,1H3,(H,14,15). The molecule has 0 radical (unpaired) electrons. The first-order valence-corrected chi connectivity index (χ1v) is 4.41. The van der Waals surface area contributed by atoms with E-state index in [-0.39, 0.29) is 11.9 Å². The van der Waals surface area contributed by atoms with E-state index in [1.54, 1.807) is 19.2 Å². The Morgan fingerprint density at radius 3 is 3.00 bits per heavy atom. The third-order valence-corrected chi connectivity index (χ3v) is 2.26. The van der Waals surface area contributed by atoms with Crippen molar-refractivity contribution in [2.75, 3.05) is 0 Å². The van der Waals surface area contributed by atoms with Crippen LogP contribution in [0.2, 0.25) is 0 Å². The van der Waals surface area contributed by atoms with Crippen molar-refractivity contribution in [3.8, 4) is 0 Å². The minimum absolute atomic E-state index is 0.156. The van der Waals surface area contributed by atoms with Crippen LogP contribution in [0.3, 0.4) is 0 Å². The number of rotatable bonds is 2. The molecule has 0 spiro atoms. The van der Waals surface area contributed by atoms with Gasteiger partial charge in [0.2, 0.25) is 0 Å². The molecule has 0 saturated carbocycles. The highest BCUT2D eigenvalue weighted by Crippen LogP contribution is 2.20. The number of nitrogens with zero attached hydrogens (tertiary/aromatic N) is 2. The van der Waals surface area contributed by atoms with Crippen molar-refractivity contribution in [2.45, 2.75) is 6.42 Å². The number of aryl methyl sites for hydroxylation is 1. The number of halogens is 1. The Morgan fingerprint density at radius 1 is 1.60 bits per heavy atom.